The molecule has 6 rings (SSSR count). The molecule has 2 atom stereocenters. The number of hydrogen-bond donors (Lipinski definition) is 0. The van der Waals surface area contributed by atoms with Crippen LogP contribution in [0.1, 0.15) is 47.8 Å². The molecule has 0 N–H and O–H groups in total. The Morgan fingerprint density at radius 2 is 1.74 bits per heavy atom. The van der Waals surface area contributed by atoms with Gasteiger partial charge in [0.1, 0.15) is 17.9 Å². The van der Waals surface area contributed by atoms with Crippen LogP contribution in [0.4, 0.5) is 27.9 Å². The highest BCUT2D eigenvalue weighted by molar-refractivity contribution is 5.93. The first kappa shape index (κ1) is 25.0. The number of likely N-dealkylation sites (tertiary alicyclic amines) is 1. The van der Waals surface area contributed by atoms with Crippen molar-refractivity contribution in [2.24, 2.45) is 5.92 Å². The first-order chi connectivity index (χ1) is 18.1. The summed E-state index contributed by atoms with van der Waals surface area (Å²) in [6.07, 6.45) is -0.561. The minimum Gasteiger partial charge on any atom is -0.342 e. The van der Waals surface area contributed by atoms with Crippen LogP contribution in [0.3, 0.4) is 0 Å². The van der Waals surface area contributed by atoms with Crippen molar-refractivity contribution >= 4 is 17.8 Å². The van der Waals surface area contributed by atoms with E-state index in [0.717, 1.165) is 17.2 Å². The summed E-state index contributed by atoms with van der Waals surface area (Å²) in [7, 11) is 0. The molecule has 4 aliphatic rings. The number of rotatable bonds is 4. The SMILES string of the molecule is O=C(c1nc(N2CCC3(CC2)OC2CCC(c4cc(F)cc(F)c4)N2C3=O)ncc1F)N1CC(C(F)F)C1. The Labute approximate surface area is 214 Å². The molecule has 0 bridgehead atoms. The third kappa shape index (κ3) is 4.07. The fourth-order valence-electron chi connectivity index (χ4n) is 5.86. The number of amides is 2. The Kier molecular flexibility index (Phi) is 6.00. The lowest BCUT2D eigenvalue weighted by Gasteiger charge is -2.39. The van der Waals surface area contributed by atoms with Crippen LogP contribution < -0.4 is 4.90 Å². The second-order valence-electron chi connectivity index (χ2n) is 10.2. The van der Waals surface area contributed by atoms with Crippen molar-refractivity contribution < 1.29 is 36.3 Å². The number of hydrogen-bond acceptors (Lipinski definition) is 6. The molecule has 2 amide bonds. The zero-order valence-corrected chi connectivity index (χ0v) is 20.1. The molecule has 4 saturated heterocycles. The minimum atomic E-state index is -2.55. The van der Waals surface area contributed by atoms with Gasteiger partial charge in [0.15, 0.2) is 17.1 Å². The predicted molar refractivity (Wildman–Crippen MR) is 122 cm³/mol. The highest BCUT2D eigenvalue weighted by Gasteiger charge is 2.58. The lowest BCUT2D eigenvalue weighted by atomic mass is 9.89. The van der Waals surface area contributed by atoms with E-state index in [4.69, 9.17) is 4.74 Å². The predicted octanol–water partition coefficient (Wildman–Crippen LogP) is 3.29. The fourth-order valence-corrected chi connectivity index (χ4v) is 5.86. The van der Waals surface area contributed by atoms with E-state index in [2.05, 4.69) is 9.97 Å². The van der Waals surface area contributed by atoms with Crippen molar-refractivity contribution in [2.75, 3.05) is 31.1 Å². The number of piperidine rings is 1. The van der Waals surface area contributed by atoms with Crippen LogP contribution in [-0.4, -0.2) is 76.0 Å². The van der Waals surface area contributed by atoms with Gasteiger partial charge in [0, 0.05) is 45.1 Å². The summed E-state index contributed by atoms with van der Waals surface area (Å²) in [4.78, 5) is 38.6. The number of aromatic nitrogens is 2. The summed E-state index contributed by atoms with van der Waals surface area (Å²) in [5.41, 5.74) is -1.20. The molecule has 5 heterocycles. The monoisotopic (exact) mass is 537 g/mol. The molecule has 1 aromatic heterocycles. The molecule has 0 saturated carbocycles. The molecule has 2 unspecified atom stereocenters. The molecule has 0 radical (unpaired) electrons. The number of anilines is 1. The van der Waals surface area contributed by atoms with E-state index < -0.39 is 59.3 Å². The standard InChI is InChI=1S/C25H24F5N5O3/c26-15-7-13(8-16(27)9-15)18-1-2-19-35(18)23(37)25(38-19)3-5-33(6-4-25)24-31-10-17(28)20(32-24)22(36)34-11-14(12-34)21(29)30/h7-10,14,18-19,21H,1-6,11-12H2. The molecular weight excluding hydrogens is 513 g/mol. The van der Waals surface area contributed by atoms with Crippen LogP contribution >= 0.6 is 0 Å². The Hall–Kier alpha value is -3.35. The number of ether oxygens (including phenoxy) is 1. The molecule has 0 aliphatic carbocycles. The van der Waals surface area contributed by atoms with Gasteiger partial charge in [-0.25, -0.2) is 31.9 Å². The van der Waals surface area contributed by atoms with Gasteiger partial charge in [0.05, 0.1) is 18.2 Å². The van der Waals surface area contributed by atoms with Crippen LogP contribution in [0.25, 0.3) is 0 Å². The molecular formula is C25H24F5N5O3. The van der Waals surface area contributed by atoms with E-state index >= 15 is 0 Å². The average Bonchev–Trinajstić information content (AvgIpc) is 3.36. The second kappa shape index (κ2) is 9.14. The maximum Gasteiger partial charge on any atom is 0.275 e. The Balaban J connectivity index is 1.14. The van der Waals surface area contributed by atoms with Crippen LogP contribution in [0.15, 0.2) is 24.4 Å². The van der Waals surface area contributed by atoms with E-state index in [-0.39, 0.29) is 50.9 Å². The topological polar surface area (TPSA) is 78.9 Å². The van der Waals surface area contributed by atoms with Crippen molar-refractivity contribution in [1.29, 1.82) is 0 Å². The zero-order valence-electron chi connectivity index (χ0n) is 20.1. The highest BCUT2D eigenvalue weighted by atomic mass is 19.3. The Morgan fingerprint density at radius 3 is 2.39 bits per heavy atom. The normalized spacial score (nSPS) is 24.9. The number of fused-ring (bicyclic) bond motifs is 1. The quantitative estimate of drug-likeness (QED) is 0.558. The van der Waals surface area contributed by atoms with Gasteiger partial charge in [-0.2, -0.15) is 0 Å². The summed E-state index contributed by atoms with van der Waals surface area (Å²) in [5, 5.41) is 0. The number of carbonyl (C=O) groups excluding carboxylic acids is 2. The van der Waals surface area contributed by atoms with Gasteiger partial charge in [0.25, 0.3) is 11.8 Å². The highest BCUT2D eigenvalue weighted by Crippen LogP contribution is 2.48. The molecule has 13 heteroatoms. The smallest absolute Gasteiger partial charge is 0.275 e. The summed E-state index contributed by atoms with van der Waals surface area (Å²) >= 11 is 0. The molecule has 202 valence electrons. The Bertz CT molecular complexity index is 1260. The van der Waals surface area contributed by atoms with Crippen LogP contribution in [0.2, 0.25) is 0 Å². The first-order valence-corrected chi connectivity index (χ1v) is 12.5. The van der Waals surface area contributed by atoms with Gasteiger partial charge in [-0.3, -0.25) is 9.59 Å². The van der Waals surface area contributed by atoms with Crippen LogP contribution in [-0.2, 0) is 9.53 Å². The van der Waals surface area contributed by atoms with E-state index in [0.29, 0.717) is 18.4 Å². The van der Waals surface area contributed by atoms with Gasteiger partial charge in [-0.1, -0.05) is 0 Å². The molecule has 1 aromatic carbocycles. The number of carbonyl (C=O) groups is 2. The lowest BCUT2D eigenvalue weighted by Crippen LogP contribution is -2.53. The summed E-state index contributed by atoms with van der Waals surface area (Å²) in [6.45, 7) is 0.230. The lowest BCUT2D eigenvalue weighted by molar-refractivity contribution is -0.140. The van der Waals surface area contributed by atoms with Crippen LogP contribution in [0, 0.1) is 23.4 Å². The summed E-state index contributed by atoms with van der Waals surface area (Å²) in [6, 6.07) is 2.76. The fraction of sp³-hybridized carbons (Fsp3) is 0.520. The summed E-state index contributed by atoms with van der Waals surface area (Å²) in [5.74, 6) is -4.21. The molecule has 1 spiro atoms. The first-order valence-electron chi connectivity index (χ1n) is 12.5. The maximum absolute atomic E-state index is 14.4. The van der Waals surface area contributed by atoms with E-state index in [1.807, 2.05) is 0 Å². The number of halogens is 5. The van der Waals surface area contributed by atoms with Gasteiger partial charge in [-0.15, -0.1) is 0 Å². The average molecular weight is 537 g/mol. The molecule has 4 fully saturated rings. The molecule has 2 aromatic rings. The van der Waals surface area contributed by atoms with Crippen LogP contribution in [0.5, 0.6) is 0 Å². The van der Waals surface area contributed by atoms with Crippen molar-refractivity contribution in [3.05, 3.63) is 53.1 Å². The summed E-state index contributed by atoms with van der Waals surface area (Å²) < 4.78 is 73.8. The van der Waals surface area contributed by atoms with E-state index in [9.17, 15) is 31.5 Å². The maximum atomic E-state index is 14.4. The van der Waals surface area contributed by atoms with E-state index in [1.165, 1.54) is 12.1 Å². The van der Waals surface area contributed by atoms with Gasteiger partial charge in [-0.05, 0) is 30.5 Å². The van der Waals surface area contributed by atoms with Gasteiger partial charge in [0.2, 0.25) is 12.4 Å². The Morgan fingerprint density at radius 1 is 1.05 bits per heavy atom. The van der Waals surface area contributed by atoms with Crippen molar-refractivity contribution in [3.8, 4) is 0 Å². The zero-order chi connectivity index (χ0) is 26.8. The largest absolute Gasteiger partial charge is 0.342 e. The van der Waals surface area contributed by atoms with E-state index in [1.54, 1.807) is 9.80 Å². The van der Waals surface area contributed by atoms with Crippen molar-refractivity contribution in [2.45, 2.75) is 50.0 Å². The second-order valence-corrected chi connectivity index (χ2v) is 10.2. The van der Waals surface area contributed by atoms with Crippen molar-refractivity contribution in [3.63, 3.8) is 0 Å². The third-order valence-electron chi connectivity index (χ3n) is 7.93. The minimum absolute atomic E-state index is 0.0922. The molecule has 4 aliphatic heterocycles. The van der Waals surface area contributed by atoms with Crippen molar-refractivity contribution in [1.82, 2.24) is 19.8 Å². The van der Waals surface area contributed by atoms with Gasteiger partial charge >= 0.3 is 0 Å². The number of nitrogens with zero attached hydrogens (tertiary/aromatic N) is 5. The number of alkyl halides is 2. The van der Waals surface area contributed by atoms with Gasteiger partial charge < -0.3 is 19.4 Å². The third-order valence-corrected chi connectivity index (χ3v) is 7.93. The molecule has 8 nitrogen and oxygen atoms in total. The molecule has 38 heavy (non-hydrogen) atoms. The number of benzene rings is 1.